The van der Waals surface area contributed by atoms with Gasteiger partial charge in [0.05, 0.1) is 7.11 Å². The summed E-state index contributed by atoms with van der Waals surface area (Å²) in [6.07, 6.45) is 3.75. The molecule has 0 saturated carbocycles. The Morgan fingerprint density at radius 3 is 3.17 bits per heavy atom. The van der Waals surface area contributed by atoms with E-state index in [1.165, 1.54) is 31.5 Å². The van der Waals surface area contributed by atoms with Crippen molar-refractivity contribution < 1.29 is 4.74 Å². The fourth-order valence-corrected chi connectivity index (χ4v) is 2.47. The van der Waals surface area contributed by atoms with Crippen LogP contribution in [0, 0.1) is 5.92 Å². The Labute approximate surface area is 110 Å². The number of hydrogen-bond donors (Lipinski definition) is 2. The van der Waals surface area contributed by atoms with E-state index in [-0.39, 0.29) is 0 Å². The molecule has 1 atom stereocenters. The van der Waals surface area contributed by atoms with Crippen LogP contribution in [0.3, 0.4) is 0 Å². The highest BCUT2D eigenvalue weighted by Crippen LogP contribution is 2.12. The summed E-state index contributed by atoms with van der Waals surface area (Å²) in [7, 11) is 1.72. The average molecular weight is 248 g/mol. The second kappa shape index (κ2) is 7.39. The monoisotopic (exact) mass is 248 g/mol. The van der Waals surface area contributed by atoms with E-state index in [0.29, 0.717) is 0 Å². The van der Waals surface area contributed by atoms with E-state index in [2.05, 4.69) is 28.8 Å². The summed E-state index contributed by atoms with van der Waals surface area (Å²) in [4.78, 5) is 0. The smallest absolute Gasteiger partial charge is 0.119 e. The molecule has 0 bridgehead atoms. The summed E-state index contributed by atoms with van der Waals surface area (Å²) in [5.74, 6) is 1.76. The van der Waals surface area contributed by atoms with Crippen LogP contribution in [0.4, 0.5) is 0 Å². The number of piperidine rings is 1. The van der Waals surface area contributed by atoms with E-state index >= 15 is 0 Å². The molecule has 0 radical (unpaired) electrons. The van der Waals surface area contributed by atoms with Gasteiger partial charge in [-0.05, 0) is 69.1 Å². The highest BCUT2D eigenvalue weighted by molar-refractivity contribution is 5.28. The van der Waals surface area contributed by atoms with Crippen LogP contribution in [-0.2, 0) is 6.42 Å². The number of rotatable bonds is 6. The van der Waals surface area contributed by atoms with Gasteiger partial charge < -0.3 is 15.4 Å². The largest absolute Gasteiger partial charge is 0.497 e. The van der Waals surface area contributed by atoms with Gasteiger partial charge in [0.1, 0.15) is 5.75 Å². The predicted molar refractivity (Wildman–Crippen MR) is 75.2 cm³/mol. The number of methoxy groups -OCH3 is 1. The quantitative estimate of drug-likeness (QED) is 0.754. The first-order valence-electron chi connectivity index (χ1n) is 6.93. The third-order valence-electron chi connectivity index (χ3n) is 3.56. The summed E-state index contributed by atoms with van der Waals surface area (Å²) < 4.78 is 5.23. The van der Waals surface area contributed by atoms with Crippen molar-refractivity contribution in [2.75, 3.05) is 33.3 Å². The molecule has 2 rings (SSSR count). The Morgan fingerprint density at radius 1 is 1.44 bits per heavy atom. The zero-order valence-electron chi connectivity index (χ0n) is 11.2. The van der Waals surface area contributed by atoms with Gasteiger partial charge in [0.25, 0.3) is 0 Å². The molecule has 1 aliphatic rings. The SMILES string of the molecule is COc1cccc(CCNCC2CCCNC2)c1. The van der Waals surface area contributed by atoms with Crippen LogP contribution in [0.15, 0.2) is 24.3 Å². The Balaban J connectivity index is 1.65. The van der Waals surface area contributed by atoms with E-state index in [9.17, 15) is 0 Å². The summed E-state index contributed by atoms with van der Waals surface area (Å²) in [5.41, 5.74) is 1.34. The first-order chi connectivity index (χ1) is 8.88. The first kappa shape index (κ1) is 13.4. The van der Waals surface area contributed by atoms with Crippen LogP contribution < -0.4 is 15.4 Å². The van der Waals surface area contributed by atoms with Crippen molar-refractivity contribution in [1.82, 2.24) is 10.6 Å². The second-order valence-corrected chi connectivity index (χ2v) is 5.02. The first-order valence-corrected chi connectivity index (χ1v) is 6.93. The van der Waals surface area contributed by atoms with Crippen LogP contribution in [-0.4, -0.2) is 33.3 Å². The van der Waals surface area contributed by atoms with Crippen molar-refractivity contribution in [3.05, 3.63) is 29.8 Å². The predicted octanol–water partition coefficient (Wildman–Crippen LogP) is 1.83. The highest BCUT2D eigenvalue weighted by atomic mass is 16.5. The Bertz CT molecular complexity index is 348. The van der Waals surface area contributed by atoms with Gasteiger partial charge in [0.2, 0.25) is 0 Å². The van der Waals surface area contributed by atoms with Gasteiger partial charge in [-0.3, -0.25) is 0 Å². The topological polar surface area (TPSA) is 33.3 Å². The molecule has 0 aliphatic carbocycles. The third kappa shape index (κ3) is 4.31. The van der Waals surface area contributed by atoms with Crippen LogP contribution in [0.1, 0.15) is 18.4 Å². The van der Waals surface area contributed by atoms with Crippen molar-refractivity contribution in [2.24, 2.45) is 5.92 Å². The number of nitrogens with one attached hydrogen (secondary N) is 2. The summed E-state index contributed by atoms with van der Waals surface area (Å²) >= 11 is 0. The zero-order valence-corrected chi connectivity index (χ0v) is 11.2. The molecule has 100 valence electrons. The molecule has 1 aliphatic heterocycles. The van der Waals surface area contributed by atoms with Crippen molar-refractivity contribution in [3.8, 4) is 5.75 Å². The molecule has 0 amide bonds. The second-order valence-electron chi connectivity index (χ2n) is 5.02. The fraction of sp³-hybridized carbons (Fsp3) is 0.600. The molecular weight excluding hydrogens is 224 g/mol. The lowest BCUT2D eigenvalue weighted by Gasteiger charge is -2.22. The number of hydrogen-bond acceptors (Lipinski definition) is 3. The van der Waals surface area contributed by atoms with Crippen molar-refractivity contribution >= 4 is 0 Å². The van der Waals surface area contributed by atoms with Gasteiger partial charge in [0.15, 0.2) is 0 Å². The van der Waals surface area contributed by atoms with Crippen molar-refractivity contribution in [3.63, 3.8) is 0 Å². The molecule has 18 heavy (non-hydrogen) atoms. The molecule has 1 fully saturated rings. The lowest BCUT2D eigenvalue weighted by molar-refractivity contribution is 0.361. The molecule has 0 aromatic heterocycles. The standard InChI is InChI=1S/C15H24N2O/c1-18-15-6-2-4-13(10-15)7-9-17-12-14-5-3-8-16-11-14/h2,4,6,10,14,16-17H,3,5,7-9,11-12H2,1H3. The molecule has 3 heteroatoms. The van der Waals surface area contributed by atoms with Crippen LogP contribution in [0.25, 0.3) is 0 Å². The maximum Gasteiger partial charge on any atom is 0.119 e. The highest BCUT2D eigenvalue weighted by Gasteiger charge is 2.11. The summed E-state index contributed by atoms with van der Waals surface area (Å²) in [6.45, 7) is 4.55. The Hall–Kier alpha value is -1.06. The van der Waals surface area contributed by atoms with Gasteiger partial charge in [-0.15, -0.1) is 0 Å². The van der Waals surface area contributed by atoms with E-state index in [1.54, 1.807) is 7.11 Å². The van der Waals surface area contributed by atoms with Gasteiger partial charge in [-0.25, -0.2) is 0 Å². The van der Waals surface area contributed by atoms with E-state index in [4.69, 9.17) is 4.74 Å². The lowest BCUT2D eigenvalue weighted by Crippen LogP contribution is -2.36. The van der Waals surface area contributed by atoms with Crippen molar-refractivity contribution in [2.45, 2.75) is 19.3 Å². The van der Waals surface area contributed by atoms with E-state index in [0.717, 1.165) is 31.2 Å². The Kier molecular flexibility index (Phi) is 5.49. The molecule has 1 aromatic rings. The molecule has 1 aromatic carbocycles. The lowest BCUT2D eigenvalue weighted by atomic mass is 10.00. The maximum atomic E-state index is 5.23. The van der Waals surface area contributed by atoms with Crippen LogP contribution in [0.5, 0.6) is 5.75 Å². The van der Waals surface area contributed by atoms with Crippen LogP contribution >= 0.6 is 0 Å². The van der Waals surface area contributed by atoms with E-state index in [1.807, 2.05) is 6.07 Å². The summed E-state index contributed by atoms with van der Waals surface area (Å²) in [6, 6.07) is 8.32. The fourth-order valence-electron chi connectivity index (χ4n) is 2.47. The maximum absolute atomic E-state index is 5.23. The normalized spacial score (nSPS) is 19.7. The molecule has 2 N–H and O–H groups in total. The minimum Gasteiger partial charge on any atom is -0.497 e. The van der Waals surface area contributed by atoms with Gasteiger partial charge >= 0.3 is 0 Å². The molecule has 1 saturated heterocycles. The number of benzene rings is 1. The van der Waals surface area contributed by atoms with E-state index < -0.39 is 0 Å². The average Bonchev–Trinajstić information content (AvgIpc) is 2.45. The summed E-state index contributed by atoms with van der Waals surface area (Å²) in [5, 5.41) is 7.01. The van der Waals surface area contributed by atoms with Gasteiger partial charge in [-0.2, -0.15) is 0 Å². The molecular formula is C15H24N2O. The molecule has 1 heterocycles. The number of ether oxygens (including phenoxy) is 1. The molecule has 1 unspecified atom stereocenters. The third-order valence-corrected chi connectivity index (χ3v) is 3.56. The van der Waals surface area contributed by atoms with Gasteiger partial charge in [-0.1, -0.05) is 12.1 Å². The van der Waals surface area contributed by atoms with Crippen LogP contribution in [0.2, 0.25) is 0 Å². The zero-order chi connectivity index (χ0) is 12.6. The molecule has 0 spiro atoms. The molecule has 3 nitrogen and oxygen atoms in total. The Morgan fingerprint density at radius 2 is 2.39 bits per heavy atom. The van der Waals surface area contributed by atoms with Crippen molar-refractivity contribution in [1.29, 1.82) is 0 Å². The minimum absolute atomic E-state index is 0.809. The minimum atomic E-state index is 0.809. The van der Waals surface area contributed by atoms with Gasteiger partial charge in [0, 0.05) is 0 Å².